The van der Waals surface area contributed by atoms with E-state index in [2.05, 4.69) is 0 Å². The van der Waals surface area contributed by atoms with E-state index in [1.807, 2.05) is 24.5 Å². The van der Waals surface area contributed by atoms with Crippen molar-refractivity contribution < 1.29 is 23.5 Å². The number of hydrogen-bond acceptors (Lipinski definition) is 6. The molecule has 1 atom stereocenters. The third kappa shape index (κ3) is 2.63. The highest BCUT2D eigenvalue weighted by Gasteiger charge is 2.32. The molecule has 0 spiro atoms. The first-order valence-corrected chi connectivity index (χ1v) is 7.97. The third-order valence-electron chi connectivity index (χ3n) is 3.31. The number of carbonyl (C=O) groups excluding carboxylic acids is 2. The molecule has 0 N–H and O–H groups in total. The van der Waals surface area contributed by atoms with Crippen LogP contribution in [0.4, 0.5) is 0 Å². The lowest BCUT2D eigenvalue weighted by Crippen LogP contribution is -2.22. The van der Waals surface area contributed by atoms with E-state index in [1.54, 1.807) is 17.8 Å². The maximum absolute atomic E-state index is 12.3. The number of thioether (sulfide) groups is 1. The van der Waals surface area contributed by atoms with Gasteiger partial charge >= 0.3 is 11.9 Å². The molecule has 0 aliphatic carbocycles. The maximum atomic E-state index is 12.3. The van der Waals surface area contributed by atoms with E-state index < -0.39 is 18.0 Å². The van der Waals surface area contributed by atoms with E-state index >= 15 is 0 Å². The molecule has 2 aromatic rings. The Hall–Kier alpha value is -1.95. The summed E-state index contributed by atoms with van der Waals surface area (Å²) in [6, 6.07) is 7.45. The van der Waals surface area contributed by atoms with Gasteiger partial charge in [-0.1, -0.05) is 18.2 Å². The van der Waals surface area contributed by atoms with E-state index in [9.17, 15) is 9.59 Å². The summed E-state index contributed by atoms with van der Waals surface area (Å²) in [5.41, 5.74) is 1.44. The van der Waals surface area contributed by atoms with Crippen LogP contribution in [0.25, 0.3) is 11.0 Å². The van der Waals surface area contributed by atoms with Crippen LogP contribution in [-0.2, 0) is 20.0 Å². The zero-order valence-electron chi connectivity index (χ0n) is 11.5. The molecule has 1 aliphatic heterocycles. The Morgan fingerprint density at radius 1 is 1.43 bits per heavy atom. The molecule has 1 aliphatic rings. The van der Waals surface area contributed by atoms with Crippen LogP contribution in [0.3, 0.4) is 0 Å². The Morgan fingerprint density at radius 2 is 2.24 bits per heavy atom. The molecule has 0 radical (unpaired) electrons. The van der Waals surface area contributed by atoms with Gasteiger partial charge in [0.05, 0.1) is 6.61 Å². The number of furan rings is 1. The molecule has 1 aromatic heterocycles. The van der Waals surface area contributed by atoms with Crippen molar-refractivity contribution in [1.82, 2.24) is 0 Å². The predicted octanol–water partition coefficient (Wildman–Crippen LogP) is 2.77. The summed E-state index contributed by atoms with van der Waals surface area (Å²) in [6.07, 6.45) is 1.52. The van der Waals surface area contributed by atoms with E-state index in [1.165, 1.54) is 0 Å². The Bertz CT molecular complexity index is 690. The number of rotatable bonds is 4. The number of fused-ring (bicyclic) bond motifs is 1. The van der Waals surface area contributed by atoms with Crippen molar-refractivity contribution in [1.29, 1.82) is 0 Å². The van der Waals surface area contributed by atoms with Crippen LogP contribution in [0.2, 0.25) is 0 Å². The molecule has 3 rings (SSSR count). The second kappa shape index (κ2) is 5.81. The largest absolute Gasteiger partial charge is 0.463 e. The molecule has 6 heteroatoms. The van der Waals surface area contributed by atoms with Crippen LogP contribution in [0.1, 0.15) is 22.5 Å². The fourth-order valence-electron chi connectivity index (χ4n) is 2.32. The van der Waals surface area contributed by atoms with Gasteiger partial charge in [0.15, 0.2) is 0 Å². The summed E-state index contributed by atoms with van der Waals surface area (Å²) in [5.74, 6) is -0.299. The lowest BCUT2D eigenvalue weighted by molar-refractivity contribution is -0.145. The first-order valence-electron chi connectivity index (χ1n) is 6.57. The molecule has 1 aromatic carbocycles. The minimum Gasteiger partial charge on any atom is -0.463 e. The van der Waals surface area contributed by atoms with Crippen molar-refractivity contribution in [3.8, 4) is 0 Å². The highest BCUT2D eigenvalue weighted by atomic mass is 32.2. The van der Waals surface area contributed by atoms with Crippen molar-refractivity contribution in [3.63, 3.8) is 0 Å². The number of carbonyl (C=O) groups is 2. The molecule has 5 nitrogen and oxygen atoms in total. The number of esters is 2. The van der Waals surface area contributed by atoms with Crippen LogP contribution in [0.5, 0.6) is 0 Å². The van der Waals surface area contributed by atoms with E-state index in [0.29, 0.717) is 17.8 Å². The van der Waals surface area contributed by atoms with Gasteiger partial charge < -0.3 is 13.9 Å². The molecule has 2 heterocycles. The van der Waals surface area contributed by atoms with Gasteiger partial charge in [0, 0.05) is 23.1 Å². The summed E-state index contributed by atoms with van der Waals surface area (Å²) in [5, 5.41) is 0.896. The van der Waals surface area contributed by atoms with Gasteiger partial charge in [-0.3, -0.25) is 0 Å². The number of benzene rings is 1. The van der Waals surface area contributed by atoms with Gasteiger partial charge in [-0.25, -0.2) is 9.59 Å². The van der Waals surface area contributed by atoms with Crippen molar-refractivity contribution in [2.45, 2.75) is 18.3 Å². The molecule has 1 saturated heterocycles. The Kier molecular flexibility index (Phi) is 3.88. The molecule has 1 fully saturated rings. The first kappa shape index (κ1) is 14.0. The van der Waals surface area contributed by atoms with E-state index in [0.717, 1.165) is 10.9 Å². The average molecular weight is 306 g/mol. The Balaban J connectivity index is 1.93. The van der Waals surface area contributed by atoms with Gasteiger partial charge in [-0.05, 0) is 12.3 Å². The molecule has 0 amide bonds. The molecule has 0 bridgehead atoms. The quantitative estimate of drug-likeness (QED) is 0.809. The van der Waals surface area contributed by atoms with Gasteiger partial charge in [0.2, 0.25) is 11.9 Å². The average Bonchev–Trinajstić information content (AvgIpc) is 3.04. The summed E-state index contributed by atoms with van der Waals surface area (Å²) in [7, 11) is 0. The fraction of sp³-hybridized carbons (Fsp3) is 0.333. The van der Waals surface area contributed by atoms with Crippen molar-refractivity contribution in [2.75, 3.05) is 12.9 Å². The predicted molar refractivity (Wildman–Crippen MR) is 78.2 cm³/mol. The van der Waals surface area contributed by atoms with Gasteiger partial charge in [0.1, 0.15) is 5.58 Å². The summed E-state index contributed by atoms with van der Waals surface area (Å²) in [6.45, 7) is 0.286. The van der Waals surface area contributed by atoms with Crippen molar-refractivity contribution >= 4 is 34.7 Å². The summed E-state index contributed by atoms with van der Waals surface area (Å²) < 4.78 is 15.6. The molecular weight excluding hydrogens is 292 g/mol. The van der Waals surface area contributed by atoms with Gasteiger partial charge in [-0.2, -0.15) is 11.8 Å². The van der Waals surface area contributed by atoms with Crippen LogP contribution in [-0.4, -0.2) is 30.9 Å². The van der Waals surface area contributed by atoms with Crippen LogP contribution in [0.15, 0.2) is 28.7 Å². The topological polar surface area (TPSA) is 65.7 Å². The van der Waals surface area contributed by atoms with Crippen molar-refractivity contribution in [3.05, 3.63) is 35.6 Å². The third-order valence-corrected chi connectivity index (χ3v) is 3.89. The lowest BCUT2D eigenvalue weighted by atomic mass is 10.1. The molecule has 0 saturated carbocycles. The number of para-hydroxylation sites is 1. The minimum absolute atomic E-state index is 0.172. The SMILES string of the molecule is CSCc1c(C(=O)O[C@H]2CCOC2=O)oc2ccccc12. The summed E-state index contributed by atoms with van der Waals surface area (Å²) >= 11 is 1.59. The second-order valence-electron chi connectivity index (χ2n) is 4.69. The monoisotopic (exact) mass is 306 g/mol. The van der Waals surface area contributed by atoms with Gasteiger partial charge in [0.25, 0.3) is 0 Å². The lowest BCUT2D eigenvalue weighted by Gasteiger charge is -2.07. The number of hydrogen-bond donors (Lipinski definition) is 0. The zero-order chi connectivity index (χ0) is 14.8. The second-order valence-corrected chi connectivity index (χ2v) is 5.56. The standard InChI is InChI=1S/C15H14O5S/c1-21-8-10-9-4-2-3-5-11(9)19-13(10)15(17)20-12-6-7-18-14(12)16/h2-5,12H,6-8H2,1H3/t12-/m0/s1. The Morgan fingerprint density at radius 3 is 2.95 bits per heavy atom. The fourth-order valence-corrected chi connectivity index (χ4v) is 2.89. The number of ether oxygens (including phenoxy) is 2. The maximum Gasteiger partial charge on any atom is 0.375 e. The smallest absolute Gasteiger partial charge is 0.375 e. The van der Waals surface area contributed by atoms with Crippen molar-refractivity contribution in [2.24, 2.45) is 0 Å². The van der Waals surface area contributed by atoms with Crippen LogP contribution in [0, 0.1) is 0 Å². The van der Waals surface area contributed by atoms with Crippen LogP contribution >= 0.6 is 11.8 Å². The minimum atomic E-state index is -0.826. The number of cyclic esters (lactones) is 1. The zero-order valence-corrected chi connectivity index (χ0v) is 12.3. The highest BCUT2D eigenvalue weighted by Crippen LogP contribution is 2.29. The molecule has 21 heavy (non-hydrogen) atoms. The Labute approximate surface area is 125 Å². The summed E-state index contributed by atoms with van der Waals surface area (Å²) in [4.78, 5) is 23.7. The molecule has 0 unspecified atom stereocenters. The molecular formula is C15H14O5S. The van der Waals surface area contributed by atoms with Gasteiger partial charge in [-0.15, -0.1) is 0 Å². The first-order chi connectivity index (χ1) is 10.2. The molecule has 110 valence electrons. The van der Waals surface area contributed by atoms with E-state index in [4.69, 9.17) is 13.9 Å². The van der Waals surface area contributed by atoms with Crippen LogP contribution < -0.4 is 0 Å². The van der Waals surface area contributed by atoms with E-state index in [-0.39, 0.29) is 12.4 Å². The normalized spacial score (nSPS) is 18.0. The highest BCUT2D eigenvalue weighted by molar-refractivity contribution is 7.97.